The molecule has 0 spiro atoms. The van der Waals surface area contributed by atoms with E-state index < -0.39 is 29.6 Å². The SMILES string of the molecule is CCOP(C)(=O)CN(C(C)=O)S(=O)(=O)c1ccccc1. The molecule has 0 aromatic heterocycles. The zero-order valence-electron chi connectivity index (χ0n) is 11.6. The summed E-state index contributed by atoms with van der Waals surface area (Å²) in [4.78, 5) is 11.6. The van der Waals surface area contributed by atoms with Gasteiger partial charge in [0.05, 0.1) is 11.5 Å². The first kappa shape index (κ1) is 16.9. The van der Waals surface area contributed by atoms with E-state index in [9.17, 15) is 17.8 Å². The maximum Gasteiger partial charge on any atom is 0.266 e. The minimum Gasteiger partial charge on any atom is -0.328 e. The Bertz CT molecular complexity index is 614. The van der Waals surface area contributed by atoms with Gasteiger partial charge in [-0.3, -0.25) is 9.36 Å². The molecular formula is C12H18NO5PS. The smallest absolute Gasteiger partial charge is 0.266 e. The van der Waals surface area contributed by atoms with Crippen LogP contribution in [0.15, 0.2) is 35.2 Å². The summed E-state index contributed by atoms with van der Waals surface area (Å²) in [5.41, 5.74) is 0. The van der Waals surface area contributed by atoms with Crippen molar-refractivity contribution < 1.29 is 22.3 Å². The number of hydrogen-bond acceptors (Lipinski definition) is 5. The van der Waals surface area contributed by atoms with E-state index >= 15 is 0 Å². The Hall–Kier alpha value is -1.17. The van der Waals surface area contributed by atoms with Crippen LogP contribution in [0.25, 0.3) is 0 Å². The van der Waals surface area contributed by atoms with Gasteiger partial charge in [0, 0.05) is 13.6 Å². The minimum atomic E-state index is -4.02. The lowest BCUT2D eigenvalue weighted by molar-refractivity contribution is -0.123. The van der Waals surface area contributed by atoms with Crippen LogP contribution in [-0.4, -0.2) is 38.2 Å². The Morgan fingerprint density at radius 3 is 2.30 bits per heavy atom. The fraction of sp³-hybridized carbons (Fsp3) is 0.417. The Kier molecular flexibility index (Phi) is 5.50. The van der Waals surface area contributed by atoms with Crippen molar-refractivity contribution in [2.45, 2.75) is 18.7 Å². The number of amides is 1. The van der Waals surface area contributed by atoms with Gasteiger partial charge in [-0.25, -0.2) is 12.7 Å². The summed E-state index contributed by atoms with van der Waals surface area (Å²) in [7, 11) is -7.21. The summed E-state index contributed by atoms with van der Waals surface area (Å²) < 4.78 is 42.5. The van der Waals surface area contributed by atoms with Crippen molar-refractivity contribution in [1.82, 2.24) is 4.31 Å². The van der Waals surface area contributed by atoms with Gasteiger partial charge in [-0.05, 0) is 19.1 Å². The van der Waals surface area contributed by atoms with Gasteiger partial charge in [0.15, 0.2) is 0 Å². The van der Waals surface area contributed by atoms with Crippen LogP contribution in [0.5, 0.6) is 0 Å². The standard InChI is InChI=1S/C12H18NO5PS/c1-4-18-19(3,15)10-13(11(2)14)20(16,17)12-8-6-5-7-9-12/h5-9H,4,10H2,1-3H3. The molecule has 1 rings (SSSR count). The second-order valence-electron chi connectivity index (χ2n) is 4.26. The molecule has 0 heterocycles. The molecule has 112 valence electrons. The van der Waals surface area contributed by atoms with Crippen molar-refractivity contribution in [2.75, 3.05) is 19.6 Å². The van der Waals surface area contributed by atoms with Crippen LogP contribution in [0, 0.1) is 0 Å². The lowest BCUT2D eigenvalue weighted by Gasteiger charge is -2.24. The maximum absolute atomic E-state index is 12.4. The van der Waals surface area contributed by atoms with Gasteiger partial charge in [-0.1, -0.05) is 18.2 Å². The fourth-order valence-corrected chi connectivity index (χ4v) is 5.24. The van der Waals surface area contributed by atoms with Crippen LogP contribution in [0.2, 0.25) is 0 Å². The predicted molar refractivity (Wildman–Crippen MR) is 76.2 cm³/mol. The van der Waals surface area contributed by atoms with Crippen molar-refractivity contribution in [2.24, 2.45) is 0 Å². The van der Waals surface area contributed by atoms with E-state index in [-0.39, 0.29) is 11.5 Å². The quantitative estimate of drug-likeness (QED) is 0.750. The molecule has 1 aromatic carbocycles. The zero-order valence-corrected chi connectivity index (χ0v) is 13.4. The molecule has 0 fully saturated rings. The number of carbonyl (C=O) groups excluding carboxylic acids is 1. The lowest BCUT2D eigenvalue weighted by Crippen LogP contribution is -2.36. The molecule has 1 amide bonds. The van der Waals surface area contributed by atoms with Crippen molar-refractivity contribution in [1.29, 1.82) is 0 Å². The normalized spacial score (nSPS) is 14.6. The van der Waals surface area contributed by atoms with Crippen LogP contribution in [0.4, 0.5) is 0 Å². The highest BCUT2D eigenvalue weighted by Crippen LogP contribution is 2.44. The van der Waals surface area contributed by atoms with E-state index in [4.69, 9.17) is 4.52 Å². The summed E-state index contributed by atoms with van der Waals surface area (Å²) in [6, 6.07) is 7.54. The van der Waals surface area contributed by atoms with Crippen LogP contribution in [0.3, 0.4) is 0 Å². The first-order valence-corrected chi connectivity index (χ1v) is 9.70. The van der Waals surface area contributed by atoms with Crippen molar-refractivity contribution in [3.05, 3.63) is 30.3 Å². The minimum absolute atomic E-state index is 0.0216. The highest BCUT2D eigenvalue weighted by atomic mass is 32.2. The third-order valence-corrected chi connectivity index (χ3v) is 6.10. The maximum atomic E-state index is 12.4. The van der Waals surface area contributed by atoms with Gasteiger partial charge in [0.1, 0.15) is 6.29 Å². The first-order chi connectivity index (χ1) is 9.20. The van der Waals surface area contributed by atoms with E-state index in [1.807, 2.05) is 0 Å². The number of hydrogen-bond donors (Lipinski definition) is 0. The van der Waals surface area contributed by atoms with Gasteiger partial charge in [0.2, 0.25) is 13.3 Å². The molecule has 1 unspecified atom stereocenters. The highest BCUT2D eigenvalue weighted by molar-refractivity contribution is 7.90. The summed E-state index contributed by atoms with van der Waals surface area (Å²) in [6.45, 7) is 4.27. The molecule has 20 heavy (non-hydrogen) atoms. The van der Waals surface area contributed by atoms with E-state index in [1.165, 1.54) is 18.8 Å². The lowest BCUT2D eigenvalue weighted by atomic mass is 10.4. The molecule has 0 saturated heterocycles. The van der Waals surface area contributed by atoms with Crippen LogP contribution in [0.1, 0.15) is 13.8 Å². The monoisotopic (exact) mass is 319 g/mol. The van der Waals surface area contributed by atoms with Crippen LogP contribution < -0.4 is 0 Å². The topological polar surface area (TPSA) is 80.8 Å². The molecule has 1 aromatic rings. The van der Waals surface area contributed by atoms with Crippen LogP contribution >= 0.6 is 7.37 Å². The Morgan fingerprint density at radius 1 is 1.30 bits per heavy atom. The predicted octanol–water partition coefficient (Wildman–Crippen LogP) is 2.13. The second kappa shape index (κ2) is 6.52. The summed E-state index contributed by atoms with van der Waals surface area (Å²) in [6.07, 6.45) is -0.465. The molecular weight excluding hydrogens is 301 g/mol. The average Bonchev–Trinajstić information content (AvgIpc) is 2.36. The number of rotatable bonds is 6. The molecule has 0 bridgehead atoms. The number of nitrogens with zero attached hydrogens (tertiary/aromatic N) is 1. The molecule has 1 atom stereocenters. The molecule has 0 N–H and O–H groups in total. The van der Waals surface area contributed by atoms with Gasteiger partial charge >= 0.3 is 0 Å². The molecule has 0 radical (unpaired) electrons. The third kappa shape index (κ3) is 4.16. The molecule has 8 heteroatoms. The summed E-state index contributed by atoms with van der Waals surface area (Å²) in [5, 5.41) is 0. The van der Waals surface area contributed by atoms with Crippen molar-refractivity contribution in [3.63, 3.8) is 0 Å². The Balaban J connectivity index is 3.16. The average molecular weight is 319 g/mol. The molecule has 0 aliphatic carbocycles. The van der Waals surface area contributed by atoms with Gasteiger partial charge < -0.3 is 4.52 Å². The van der Waals surface area contributed by atoms with Crippen LogP contribution in [-0.2, 0) is 23.9 Å². The first-order valence-electron chi connectivity index (χ1n) is 6.00. The molecule has 0 aliphatic heterocycles. The Labute approximate surface area is 119 Å². The summed E-state index contributed by atoms with van der Waals surface area (Å²) >= 11 is 0. The van der Waals surface area contributed by atoms with Gasteiger partial charge in [0.25, 0.3) is 10.0 Å². The Morgan fingerprint density at radius 2 is 1.85 bits per heavy atom. The van der Waals surface area contributed by atoms with E-state index in [0.29, 0.717) is 4.31 Å². The molecule has 0 aliphatic rings. The second-order valence-corrected chi connectivity index (χ2v) is 8.69. The summed E-state index contributed by atoms with van der Waals surface area (Å²) in [5.74, 6) is -0.698. The number of carbonyl (C=O) groups is 1. The van der Waals surface area contributed by atoms with E-state index in [1.54, 1.807) is 25.1 Å². The van der Waals surface area contributed by atoms with Gasteiger partial charge in [-0.2, -0.15) is 0 Å². The van der Waals surface area contributed by atoms with Crippen molar-refractivity contribution in [3.8, 4) is 0 Å². The fourth-order valence-electron chi connectivity index (χ4n) is 1.61. The van der Waals surface area contributed by atoms with E-state index in [2.05, 4.69) is 0 Å². The highest BCUT2D eigenvalue weighted by Gasteiger charge is 2.32. The van der Waals surface area contributed by atoms with E-state index in [0.717, 1.165) is 6.92 Å². The molecule has 0 saturated carbocycles. The number of benzene rings is 1. The third-order valence-electron chi connectivity index (χ3n) is 2.47. The largest absolute Gasteiger partial charge is 0.328 e. The zero-order chi connectivity index (χ0) is 15.4. The van der Waals surface area contributed by atoms with Crippen molar-refractivity contribution >= 4 is 23.3 Å². The number of sulfonamides is 1. The molecule has 6 nitrogen and oxygen atoms in total. The van der Waals surface area contributed by atoms with Gasteiger partial charge in [-0.15, -0.1) is 0 Å².